The Bertz CT molecular complexity index is 1630. The van der Waals surface area contributed by atoms with Crippen molar-refractivity contribution in [1.29, 1.82) is 0 Å². The zero-order valence-corrected chi connectivity index (χ0v) is 28.4. The number of benzene rings is 2. The van der Waals surface area contributed by atoms with Crippen LogP contribution in [0.3, 0.4) is 0 Å². The van der Waals surface area contributed by atoms with E-state index >= 15 is 0 Å². The quantitative estimate of drug-likeness (QED) is 0.218. The van der Waals surface area contributed by atoms with E-state index in [2.05, 4.69) is 37.2 Å². The van der Waals surface area contributed by atoms with E-state index in [0.29, 0.717) is 8.93 Å². The monoisotopic (exact) mass is 709 g/mol. The molecule has 0 amide bonds. The highest BCUT2D eigenvalue weighted by Crippen LogP contribution is 2.37. The van der Waals surface area contributed by atoms with Crippen LogP contribution in [0.2, 0.25) is 8.93 Å². The molecule has 3 saturated heterocycles. The highest BCUT2D eigenvalue weighted by molar-refractivity contribution is 7.25. The van der Waals surface area contributed by atoms with Crippen molar-refractivity contribution in [2.24, 2.45) is 0 Å². The van der Waals surface area contributed by atoms with Crippen molar-refractivity contribution in [3.8, 4) is 0 Å². The first kappa shape index (κ1) is 30.7. The van der Waals surface area contributed by atoms with E-state index in [-0.39, 0.29) is 0 Å². The standard InChI is InChI=1S/C16H18N4O2S2.C8H2Cl2N2S2.C4H9NO/c1-5-21-6-2-19(1)15-17-11-9-12-14(10-13(11)23-15)24-16(18-12)20-3-7-22-8-4-20;9-7-11-3-1-4-6(2-5(3)13-7)14-8(10)12-4;1-3-6-4-2-5-1/h9-10H,1-8H2;1-2H;5H,1-4H2. The molecule has 4 aromatic heterocycles. The summed E-state index contributed by atoms with van der Waals surface area (Å²) in [6, 6.07) is 8.31. The molecular formula is C28H29Cl2N7O3S4. The smallest absolute Gasteiger partial charge is 0.186 e. The predicted molar refractivity (Wildman–Crippen MR) is 185 cm³/mol. The number of rotatable bonds is 2. The molecule has 0 saturated carbocycles. The number of morpholine rings is 3. The number of ether oxygens (including phenoxy) is 3. The fraction of sp³-hybridized carbons (Fsp3) is 0.429. The largest absolute Gasteiger partial charge is 0.379 e. The fourth-order valence-corrected chi connectivity index (χ4v) is 9.24. The molecule has 3 aliphatic heterocycles. The van der Waals surface area contributed by atoms with Gasteiger partial charge in [-0.15, -0.1) is 22.7 Å². The van der Waals surface area contributed by atoms with Crippen LogP contribution in [-0.2, 0) is 14.2 Å². The van der Waals surface area contributed by atoms with E-state index < -0.39 is 0 Å². The number of hydrogen-bond acceptors (Lipinski definition) is 14. The number of hydrogen-bond donors (Lipinski definition) is 1. The fourth-order valence-electron chi connectivity index (χ4n) is 4.91. The van der Waals surface area contributed by atoms with Crippen LogP contribution >= 0.6 is 68.5 Å². The third kappa shape index (κ3) is 7.20. The molecule has 0 bridgehead atoms. The van der Waals surface area contributed by atoms with Gasteiger partial charge in [-0.3, -0.25) is 0 Å². The van der Waals surface area contributed by atoms with Crippen molar-refractivity contribution >= 4 is 120 Å². The van der Waals surface area contributed by atoms with E-state index in [4.69, 9.17) is 47.4 Å². The number of fused-ring (bicyclic) bond motifs is 4. The van der Waals surface area contributed by atoms with Gasteiger partial charge in [-0.2, -0.15) is 0 Å². The lowest BCUT2D eigenvalue weighted by Crippen LogP contribution is -2.36. The Morgan fingerprint density at radius 3 is 1.30 bits per heavy atom. The minimum atomic E-state index is 0.559. The molecule has 1 N–H and O–H groups in total. The van der Waals surface area contributed by atoms with Gasteiger partial charge in [0.1, 0.15) is 0 Å². The number of anilines is 2. The molecule has 0 aliphatic carbocycles. The molecule has 16 heteroatoms. The van der Waals surface area contributed by atoms with Gasteiger partial charge in [-0.1, -0.05) is 45.9 Å². The second kappa shape index (κ2) is 14.2. The lowest BCUT2D eigenvalue weighted by molar-refractivity contribution is 0.109. The second-order valence-electron chi connectivity index (χ2n) is 10.1. The van der Waals surface area contributed by atoms with Crippen molar-refractivity contribution in [2.45, 2.75) is 0 Å². The molecular weight excluding hydrogens is 682 g/mol. The Kier molecular flexibility index (Phi) is 9.90. The first-order chi connectivity index (χ1) is 21.6. The average molecular weight is 711 g/mol. The predicted octanol–water partition coefficient (Wildman–Crippen LogP) is 6.40. The third-order valence-electron chi connectivity index (χ3n) is 7.13. The zero-order valence-electron chi connectivity index (χ0n) is 23.6. The molecule has 0 unspecified atom stereocenters. The Morgan fingerprint density at radius 2 is 0.909 bits per heavy atom. The van der Waals surface area contributed by atoms with Crippen LogP contribution in [-0.4, -0.2) is 98.8 Å². The van der Waals surface area contributed by atoms with E-state index in [1.54, 1.807) is 22.7 Å². The average Bonchev–Trinajstić information content (AvgIpc) is 3.84. The number of aromatic nitrogens is 4. The third-order valence-corrected chi connectivity index (χ3v) is 11.5. The van der Waals surface area contributed by atoms with E-state index in [1.165, 1.54) is 32.1 Å². The molecule has 44 heavy (non-hydrogen) atoms. The number of nitrogens with one attached hydrogen (secondary N) is 1. The normalized spacial score (nSPS) is 17.6. The van der Waals surface area contributed by atoms with E-state index in [0.717, 1.165) is 121 Å². The molecule has 2 aromatic carbocycles. The van der Waals surface area contributed by atoms with Crippen LogP contribution in [0.15, 0.2) is 24.3 Å². The summed E-state index contributed by atoms with van der Waals surface area (Å²) in [6.07, 6.45) is 0. The summed E-state index contributed by atoms with van der Waals surface area (Å²) < 4.78 is 21.6. The van der Waals surface area contributed by atoms with Crippen LogP contribution in [0, 0.1) is 0 Å². The summed E-state index contributed by atoms with van der Waals surface area (Å²) in [5, 5.41) is 5.35. The lowest BCUT2D eigenvalue weighted by atomic mass is 10.3. The van der Waals surface area contributed by atoms with Gasteiger partial charge in [0.25, 0.3) is 0 Å². The van der Waals surface area contributed by atoms with Gasteiger partial charge in [-0.05, 0) is 24.3 Å². The van der Waals surface area contributed by atoms with Gasteiger partial charge in [0.15, 0.2) is 19.2 Å². The van der Waals surface area contributed by atoms with Crippen LogP contribution in [0.1, 0.15) is 0 Å². The molecule has 0 radical (unpaired) electrons. The van der Waals surface area contributed by atoms with Crippen LogP contribution in [0.5, 0.6) is 0 Å². The molecule has 232 valence electrons. The molecule has 7 heterocycles. The van der Waals surface area contributed by atoms with Crippen LogP contribution in [0.4, 0.5) is 10.3 Å². The van der Waals surface area contributed by atoms with Crippen molar-refractivity contribution < 1.29 is 14.2 Å². The molecule has 9 rings (SSSR count). The molecule has 10 nitrogen and oxygen atoms in total. The Labute approximate surface area is 279 Å². The lowest BCUT2D eigenvalue weighted by Gasteiger charge is -2.26. The van der Waals surface area contributed by atoms with Crippen molar-refractivity contribution in [3.63, 3.8) is 0 Å². The van der Waals surface area contributed by atoms with Gasteiger partial charge in [0, 0.05) is 39.3 Å². The van der Waals surface area contributed by atoms with E-state index in [9.17, 15) is 0 Å². The molecule has 3 aliphatic rings. The maximum absolute atomic E-state index is 5.82. The minimum Gasteiger partial charge on any atom is -0.379 e. The van der Waals surface area contributed by atoms with Crippen LogP contribution in [0.25, 0.3) is 40.9 Å². The summed E-state index contributed by atoms with van der Waals surface area (Å²) in [5.74, 6) is 0. The maximum atomic E-state index is 5.82. The summed E-state index contributed by atoms with van der Waals surface area (Å²) >= 11 is 18.1. The Balaban J connectivity index is 0.000000131. The first-order valence-corrected chi connectivity index (χ1v) is 18.3. The van der Waals surface area contributed by atoms with Gasteiger partial charge in [-0.25, -0.2) is 19.9 Å². The Hall–Kier alpha value is -1.98. The minimum absolute atomic E-state index is 0.559. The number of halogens is 2. The van der Waals surface area contributed by atoms with Crippen LogP contribution < -0.4 is 15.1 Å². The topological polar surface area (TPSA) is 97.8 Å². The van der Waals surface area contributed by atoms with Gasteiger partial charge >= 0.3 is 0 Å². The van der Waals surface area contributed by atoms with Gasteiger partial charge in [0.2, 0.25) is 0 Å². The number of thiazole rings is 4. The summed E-state index contributed by atoms with van der Waals surface area (Å²) in [7, 11) is 0. The van der Waals surface area contributed by atoms with Crippen molar-refractivity contribution in [3.05, 3.63) is 33.2 Å². The molecule has 0 spiro atoms. The summed E-state index contributed by atoms with van der Waals surface area (Å²) in [6.45, 7) is 10.7. The molecule has 3 fully saturated rings. The number of nitrogens with zero attached hydrogens (tertiary/aromatic N) is 6. The van der Waals surface area contributed by atoms with E-state index in [1.807, 2.05) is 12.1 Å². The summed E-state index contributed by atoms with van der Waals surface area (Å²) in [4.78, 5) is 22.6. The highest BCUT2D eigenvalue weighted by Gasteiger charge is 2.19. The van der Waals surface area contributed by atoms with Crippen molar-refractivity contribution in [1.82, 2.24) is 25.3 Å². The summed E-state index contributed by atoms with van der Waals surface area (Å²) in [5.41, 5.74) is 3.87. The van der Waals surface area contributed by atoms with Gasteiger partial charge in [0.05, 0.1) is 80.5 Å². The van der Waals surface area contributed by atoms with Crippen molar-refractivity contribution in [2.75, 3.05) is 88.7 Å². The molecule has 0 atom stereocenters. The molecule has 6 aromatic rings. The first-order valence-electron chi connectivity index (χ1n) is 14.3. The van der Waals surface area contributed by atoms with Gasteiger partial charge < -0.3 is 29.3 Å². The maximum Gasteiger partial charge on any atom is 0.186 e. The Morgan fingerprint density at radius 1 is 0.523 bits per heavy atom. The second-order valence-corrected chi connectivity index (χ2v) is 15.3. The highest BCUT2D eigenvalue weighted by atomic mass is 35.5. The SMILES string of the molecule is C1COCCN1.Clc1nc2cc3nc(Cl)sc3cc2s1.c1c2nc(N3CCOCC3)sc2cc2sc(N3CCOCC3)nc12. The zero-order chi connectivity index (χ0) is 29.9.